The van der Waals surface area contributed by atoms with Gasteiger partial charge in [-0.1, -0.05) is 0 Å². The number of alkyl halides is 1. The molecule has 1 saturated carbocycles. The van der Waals surface area contributed by atoms with Gasteiger partial charge < -0.3 is 10.1 Å². The number of aryl methyl sites for hydroxylation is 1. The molecule has 1 fully saturated rings. The van der Waals surface area contributed by atoms with Crippen molar-refractivity contribution < 1.29 is 18.7 Å². The van der Waals surface area contributed by atoms with Crippen LogP contribution in [-0.2, 0) is 9.53 Å². The summed E-state index contributed by atoms with van der Waals surface area (Å²) < 4.78 is 22.7. The average Bonchev–Trinajstić information content (AvgIpc) is 3.24. The summed E-state index contributed by atoms with van der Waals surface area (Å²) in [5.41, 5.74) is 2.02. The minimum atomic E-state index is -1.10. The fourth-order valence-electron chi connectivity index (χ4n) is 3.08. The summed E-state index contributed by atoms with van der Waals surface area (Å²) in [6.45, 7) is 7.28. The van der Waals surface area contributed by atoms with Crippen LogP contribution in [0.4, 0.5) is 20.7 Å². The van der Waals surface area contributed by atoms with Crippen LogP contribution in [0.1, 0.15) is 32.8 Å². The Morgan fingerprint density at radius 1 is 1.19 bits per heavy atom. The molecule has 1 aliphatic carbocycles. The molecule has 2 atom stereocenters. The maximum absolute atomic E-state index is 13.2. The number of halogens is 1. The molecular weight excluding hydrogens is 421 g/mol. The highest BCUT2D eigenvalue weighted by Gasteiger charge is 2.43. The highest BCUT2D eigenvalue weighted by atomic mass is 32.1. The predicted octanol–water partition coefficient (Wildman–Crippen LogP) is 4.71. The van der Waals surface area contributed by atoms with Crippen molar-refractivity contribution in [3.63, 3.8) is 0 Å². The third kappa shape index (κ3) is 4.79. The van der Waals surface area contributed by atoms with Crippen LogP contribution in [0.25, 0.3) is 21.3 Å². The normalized spacial score (nSPS) is 18.0. The highest BCUT2D eigenvalue weighted by molar-refractivity contribution is 7.09. The fraction of sp³-hybridized carbons (Fsp3) is 0.381. The number of hydrogen-bond donors (Lipinski definition) is 2. The summed E-state index contributed by atoms with van der Waals surface area (Å²) in [5, 5.41) is 14.2. The van der Waals surface area contributed by atoms with Crippen molar-refractivity contribution in [2.75, 3.05) is 10.6 Å². The molecule has 0 radical (unpaired) electrons. The van der Waals surface area contributed by atoms with E-state index in [-0.39, 0.29) is 12.2 Å². The topological polar surface area (TPSA) is 106 Å². The summed E-state index contributed by atoms with van der Waals surface area (Å²) in [7, 11) is 0. The maximum Gasteiger partial charge on any atom is 0.412 e. The van der Waals surface area contributed by atoms with E-state index in [1.54, 1.807) is 39.1 Å². The smallest absolute Gasteiger partial charge is 0.412 e. The van der Waals surface area contributed by atoms with E-state index in [0.717, 1.165) is 16.0 Å². The molecule has 2 aromatic heterocycles. The standard InChI is InChI=1S/C21H22FN5O3S/c1-10-9-23-31-18(10)12-5-11-7-16(25-19(28)13-8-14(13)22)26-27-17(11)15(6-12)24-20(29)30-21(2,3)4/h5-7,9,13-14H,8H2,1-4H3,(H,24,29)(H,25,26,28). The Morgan fingerprint density at radius 3 is 2.55 bits per heavy atom. The maximum atomic E-state index is 13.2. The largest absolute Gasteiger partial charge is 0.444 e. The number of aromatic nitrogens is 3. The van der Waals surface area contributed by atoms with Gasteiger partial charge in [0.05, 0.1) is 16.5 Å². The zero-order valence-corrected chi connectivity index (χ0v) is 18.3. The summed E-state index contributed by atoms with van der Waals surface area (Å²) in [6.07, 6.45) is 0.281. The summed E-state index contributed by atoms with van der Waals surface area (Å²) in [4.78, 5) is 25.4. The van der Waals surface area contributed by atoms with Crippen molar-refractivity contribution in [2.45, 2.75) is 45.9 Å². The van der Waals surface area contributed by atoms with Crippen LogP contribution in [-0.4, -0.2) is 38.3 Å². The van der Waals surface area contributed by atoms with Crippen LogP contribution in [0, 0.1) is 12.8 Å². The number of carbonyl (C=O) groups is 2. The number of anilines is 2. The number of carbonyl (C=O) groups excluding carboxylic acids is 2. The van der Waals surface area contributed by atoms with E-state index in [4.69, 9.17) is 4.74 Å². The SMILES string of the molecule is Cc1cnsc1-c1cc(NC(=O)OC(C)(C)C)c2nnc(NC(=O)C3CC3F)cc2c1. The molecule has 10 heteroatoms. The lowest BCUT2D eigenvalue weighted by Crippen LogP contribution is -2.27. The minimum absolute atomic E-state index is 0.220. The molecule has 0 spiro atoms. The number of nitrogens with one attached hydrogen (secondary N) is 2. The molecular formula is C21H22FN5O3S. The molecule has 0 saturated heterocycles. The summed E-state index contributed by atoms with van der Waals surface area (Å²) >= 11 is 1.33. The Bertz CT molecular complexity index is 1170. The van der Waals surface area contributed by atoms with E-state index in [9.17, 15) is 14.0 Å². The first kappa shape index (κ1) is 21.1. The van der Waals surface area contributed by atoms with Gasteiger partial charge in [0.15, 0.2) is 5.82 Å². The van der Waals surface area contributed by atoms with Gasteiger partial charge in [-0.25, -0.2) is 13.6 Å². The molecule has 2 amide bonds. The lowest BCUT2D eigenvalue weighted by atomic mass is 10.1. The first-order valence-corrected chi connectivity index (χ1v) is 10.6. The van der Waals surface area contributed by atoms with E-state index >= 15 is 0 Å². The fourth-order valence-corrected chi connectivity index (χ4v) is 3.82. The molecule has 3 aromatic rings. The number of hydrogen-bond acceptors (Lipinski definition) is 7. The lowest BCUT2D eigenvalue weighted by molar-refractivity contribution is -0.117. The van der Waals surface area contributed by atoms with Gasteiger partial charge in [-0.3, -0.25) is 10.1 Å². The Kier molecular flexibility index (Phi) is 5.34. The second kappa shape index (κ2) is 7.84. The van der Waals surface area contributed by atoms with E-state index in [1.807, 2.05) is 13.0 Å². The van der Waals surface area contributed by atoms with Gasteiger partial charge in [0.2, 0.25) is 5.91 Å². The number of benzene rings is 1. The number of ether oxygens (including phenoxy) is 1. The van der Waals surface area contributed by atoms with Gasteiger partial charge >= 0.3 is 6.09 Å². The molecule has 4 rings (SSSR count). The molecule has 2 heterocycles. The zero-order valence-electron chi connectivity index (χ0n) is 17.5. The van der Waals surface area contributed by atoms with Crippen LogP contribution >= 0.6 is 11.5 Å². The van der Waals surface area contributed by atoms with Gasteiger partial charge in [-0.2, -0.15) is 0 Å². The third-order valence-corrected chi connectivity index (χ3v) is 5.59. The predicted molar refractivity (Wildman–Crippen MR) is 117 cm³/mol. The molecule has 2 N–H and O–H groups in total. The Morgan fingerprint density at radius 2 is 1.94 bits per heavy atom. The van der Waals surface area contributed by atoms with Gasteiger partial charge in [0.25, 0.3) is 0 Å². The van der Waals surface area contributed by atoms with Crippen molar-refractivity contribution in [1.82, 2.24) is 14.6 Å². The van der Waals surface area contributed by atoms with Crippen LogP contribution in [0.2, 0.25) is 0 Å². The molecule has 31 heavy (non-hydrogen) atoms. The van der Waals surface area contributed by atoms with Crippen LogP contribution < -0.4 is 10.6 Å². The highest BCUT2D eigenvalue weighted by Crippen LogP contribution is 2.36. The second-order valence-electron chi connectivity index (χ2n) is 8.50. The van der Waals surface area contributed by atoms with Gasteiger partial charge in [-0.15, -0.1) is 10.2 Å². The van der Waals surface area contributed by atoms with Crippen LogP contribution in [0.5, 0.6) is 0 Å². The van der Waals surface area contributed by atoms with Crippen LogP contribution in [0.3, 0.4) is 0 Å². The number of amides is 2. The molecule has 162 valence electrons. The number of nitrogens with zero attached hydrogens (tertiary/aromatic N) is 3. The molecule has 0 aliphatic heterocycles. The molecule has 0 bridgehead atoms. The average molecular weight is 444 g/mol. The van der Waals surface area contributed by atoms with Crippen molar-refractivity contribution in [2.24, 2.45) is 5.92 Å². The molecule has 1 aliphatic rings. The Balaban J connectivity index is 1.72. The number of rotatable bonds is 4. The van der Waals surface area contributed by atoms with Crippen molar-refractivity contribution in [3.8, 4) is 10.4 Å². The Hall–Kier alpha value is -3.14. The molecule has 8 nitrogen and oxygen atoms in total. The first-order chi connectivity index (χ1) is 14.6. The molecule has 1 aromatic carbocycles. The molecule has 2 unspecified atom stereocenters. The van der Waals surface area contributed by atoms with Gasteiger partial charge in [-0.05, 0) is 75.0 Å². The van der Waals surface area contributed by atoms with Crippen molar-refractivity contribution in [3.05, 3.63) is 30.0 Å². The van der Waals surface area contributed by atoms with E-state index in [2.05, 4.69) is 25.2 Å². The van der Waals surface area contributed by atoms with Crippen molar-refractivity contribution in [1.29, 1.82) is 0 Å². The van der Waals surface area contributed by atoms with E-state index < -0.39 is 29.7 Å². The van der Waals surface area contributed by atoms with Gasteiger partial charge in [0, 0.05) is 11.6 Å². The van der Waals surface area contributed by atoms with E-state index in [0.29, 0.717) is 16.6 Å². The zero-order chi connectivity index (χ0) is 22.3. The lowest BCUT2D eigenvalue weighted by Gasteiger charge is -2.20. The first-order valence-electron chi connectivity index (χ1n) is 9.79. The summed E-state index contributed by atoms with van der Waals surface area (Å²) in [6, 6.07) is 5.32. The minimum Gasteiger partial charge on any atom is -0.444 e. The quantitative estimate of drug-likeness (QED) is 0.605. The summed E-state index contributed by atoms with van der Waals surface area (Å²) in [5.74, 6) is -0.825. The third-order valence-electron chi connectivity index (χ3n) is 4.64. The Labute approximate surface area is 182 Å². The van der Waals surface area contributed by atoms with Crippen LogP contribution in [0.15, 0.2) is 24.4 Å². The van der Waals surface area contributed by atoms with Crippen molar-refractivity contribution >= 4 is 45.9 Å². The number of fused-ring (bicyclic) bond motifs is 1. The van der Waals surface area contributed by atoms with E-state index in [1.165, 1.54) is 11.5 Å². The monoisotopic (exact) mass is 443 g/mol. The second-order valence-corrected chi connectivity index (χ2v) is 9.31. The van der Waals surface area contributed by atoms with Gasteiger partial charge in [0.1, 0.15) is 17.3 Å².